The van der Waals surface area contributed by atoms with Gasteiger partial charge in [0, 0.05) is 7.11 Å². The number of likely N-dealkylation sites (N-methyl/N-ethyl adjacent to an activating group) is 1. The van der Waals surface area contributed by atoms with Crippen LogP contribution >= 0.6 is 0 Å². The van der Waals surface area contributed by atoms with Crippen LogP contribution in [0, 0.1) is 0 Å². The third-order valence-corrected chi connectivity index (χ3v) is 2.04. The summed E-state index contributed by atoms with van der Waals surface area (Å²) in [4.78, 5) is 0. The standard InChI is InChI=1S/C10H23NO3/c1-5-11-10(3,7-12)8-14-9(2)6-13-4/h9,11-12H,5-8H2,1-4H3. The molecule has 0 aromatic heterocycles. The van der Waals surface area contributed by atoms with Crippen LogP contribution in [-0.2, 0) is 9.47 Å². The number of hydrogen-bond donors (Lipinski definition) is 2. The minimum absolute atomic E-state index is 0.0598. The molecule has 0 spiro atoms. The zero-order valence-corrected chi connectivity index (χ0v) is 9.67. The predicted molar refractivity (Wildman–Crippen MR) is 56.5 cm³/mol. The lowest BCUT2D eigenvalue weighted by Crippen LogP contribution is -2.50. The van der Waals surface area contributed by atoms with E-state index >= 15 is 0 Å². The Kier molecular flexibility index (Phi) is 7.09. The van der Waals surface area contributed by atoms with Crippen LogP contribution in [0.1, 0.15) is 20.8 Å². The summed E-state index contributed by atoms with van der Waals surface area (Å²) in [5.74, 6) is 0. The predicted octanol–water partition coefficient (Wildman–Crippen LogP) is 0.398. The van der Waals surface area contributed by atoms with E-state index in [0.717, 1.165) is 6.54 Å². The van der Waals surface area contributed by atoms with E-state index in [2.05, 4.69) is 5.32 Å². The Hall–Kier alpha value is -0.160. The van der Waals surface area contributed by atoms with Crippen LogP contribution in [0.25, 0.3) is 0 Å². The molecule has 0 saturated heterocycles. The van der Waals surface area contributed by atoms with Crippen LogP contribution in [0.5, 0.6) is 0 Å². The lowest BCUT2D eigenvalue weighted by atomic mass is 10.1. The summed E-state index contributed by atoms with van der Waals surface area (Å²) in [6.45, 7) is 7.85. The van der Waals surface area contributed by atoms with Crippen molar-refractivity contribution in [2.75, 3.05) is 33.5 Å². The lowest BCUT2D eigenvalue weighted by molar-refractivity contribution is -0.0274. The molecule has 0 bridgehead atoms. The summed E-state index contributed by atoms with van der Waals surface area (Å²) in [6, 6.07) is 0. The fraction of sp³-hybridized carbons (Fsp3) is 1.00. The molecule has 2 N–H and O–H groups in total. The maximum atomic E-state index is 9.19. The van der Waals surface area contributed by atoms with Crippen molar-refractivity contribution >= 4 is 0 Å². The summed E-state index contributed by atoms with van der Waals surface area (Å²) in [5, 5.41) is 12.4. The zero-order chi connectivity index (χ0) is 11.0. The largest absolute Gasteiger partial charge is 0.394 e. The van der Waals surface area contributed by atoms with E-state index in [-0.39, 0.29) is 18.2 Å². The van der Waals surface area contributed by atoms with Gasteiger partial charge in [0.05, 0.1) is 31.5 Å². The van der Waals surface area contributed by atoms with Crippen LogP contribution in [0.4, 0.5) is 0 Å². The first-order valence-electron chi connectivity index (χ1n) is 5.04. The van der Waals surface area contributed by atoms with Crippen molar-refractivity contribution in [3.05, 3.63) is 0 Å². The summed E-state index contributed by atoms with van der Waals surface area (Å²) in [7, 11) is 1.65. The molecule has 2 unspecified atom stereocenters. The Balaban J connectivity index is 3.81. The van der Waals surface area contributed by atoms with Crippen molar-refractivity contribution in [3.63, 3.8) is 0 Å². The molecular weight excluding hydrogens is 182 g/mol. The Morgan fingerprint density at radius 1 is 1.50 bits per heavy atom. The fourth-order valence-corrected chi connectivity index (χ4v) is 1.19. The van der Waals surface area contributed by atoms with Gasteiger partial charge >= 0.3 is 0 Å². The van der Waals surface area contributed by atoms with Gasteiger partial charge in [-0.25, -0.2) is 0 Å². The maximum absolute atomic E-state index is 9.19. The van der Waals surface area contributed by atoms with E-state index in [4.69, 9.17) is 9.47 Å². The molecule has 0 aromatic carbocycles. The van der Waals surface area contributed by atoms with E-state index in [1.807, 2.05) is 20.8 Å². The quantitative estimate of drug-likeness (QED) is 0.602. The van der Waals surface area contributed by atoms with Crippen molar-refractivity contribution in [1.29, 1.82) is 0 Å². The summed E-state index contributed by atoms with van der Waals surface area (Å²) >= 11 is 0. The zero-order valence-electron chi connectivity index (χ0n) is 9.67. The number of ether oxygens (including phenoxy) is 2. The van der Waals surface area contributed by atoms with Gasteiger partial charge in [0.2, 0.25) is 0 Å². The average molecular weight is 205 g/mol. The van der Waals surface area contributed by atoms with Crippen molar-refractivity contribution in [2.24, 2.45) is 0 Å². The maximum Gasteiger partial charge on any atom is 0.0781 e. The highest BCUT2D eigenvalue weighted by molar-refractivity contribution is 4.81. The van der Waals surface area contributed by atoms with Crippen LogP contribution < -0.4 is 5.32 Å². The smallest absolute Gasteiger partial charge is 0.0781 e. The number of methoxy groups -OCH3 is 1. The second-order valence-corrected chi connectivity index (χ2v) is 3.83. The summed E-state index contributed by atoms with van der Waals surface area (Å²) in [6.07, 6.45) is 0.0598. The van der Waals surface area contributed by atoms with E-state index in [1.54, 1.807) is 7.11 Å². The van der Waals surface area contributed by atoms with E-state index in [0.29, 0.717) is 13.2 Å². The van der Waals surface area contributed by atoms with Gasteiger partial charge in [-0.15, -0.1) is 0 Å². The van der Waals surface area contributed by atoms with Gasteiger partial charge in [-0.1, -0.05) is 6.92 Å². The van der Waals surface area contributed by atoms with E-state index in [1.165, 1.54) is 0 Å². The Bertz CT molecular complexity index is 143. The van der Waals surface area contributed by atoms with Crippen LogP contribution in [0.3, 0.4) is 0 Å². The monoisotopic (exact) mass is 205 g/mol. The third kappa shape index (κ3) is 5.54. The molecule has 0 fully saturated rings. The topological polar surface area (TPSA) is 50.7 Å². The first kappa shape index (κ1) is 13.8. The van der Waals surface area contributed by atoms with E-state index in [9.17, 15) is 5.11 Å². The molecule has 0 aliphatic heterocycles. The minimum Gasteiger partial charge on any atom is -0.394 e. The molecule has 0 aliphatic carbocycles. The number of aliphatic hydroxyl groups excluding tert-OH is 1. The molecule has 2 atom stereocenters. The second kappa shape index (κ2) is 7.17. The Morgan fingerprint density at radius 3 is 2.57 bits per heavy atom. The SMILES string of the molecule is CCNC(C)(CO)COC(C)COC. The van der Waals surface area contributed by atoms with Crippen LogP contribution in [-0.4, -0.2) is 50.2 Å². The van der Waals surface area contributed by atoms with Gasteiger partial charge in [-0.2, -0.15) is 0 Å². The first-order valence-corrected chi connectivity index (χ1v) is 5.04. The van der Waals surface area contributed by atoms with Crippen molar-refractivity contribution in [3.8, 4) is 0 Å². The molecule has 0 aliphatic rings. The Morgan fingerprint density at radius 2 is 2.14 bits per heavy atom. The normalized spacial score (nSPS) is 17.8. The average Bonchev–Trinajstić information content (AvgIpc) is 2.16. The highest BCUT2D eigenvalue weighted by atomic mass is 16.5. The number of aliphatic hydroxyl groups is 1. The fourth-order valence-electron chi connectivity index (χ4n) is 1.19. The number of rotatable bonds is 8. The van der Waals surface area contributed by atoms with E-state index < -0.39 is 0 Å². The van der Waals surface area contributed by atoms with Crippen molar-refractivity contribution in [1.82, 2.24) is 5.32 Å². The van der Waals surface area contributed by atoms with Gasteiger partial charge in [0.25, 0.3) is 0 Å². The van der Waals surface area contributed by atoms with Gasteiger partial charge in [0.15, 0.2) is 0 Å². The highest BCUT2D eigenvalue weighted by Gasteiger charge is 2.23. The minimum atomic E-state index is -0.350. The molecule has 14 heavy (non-hydrogen) atoms. The molecule has 86 valence electrons. The number of hydrogen-bond acceptors (Lipinski definition) is 4. The highest BCUT2D eigenvalue weighted by Crippen LogP contribution is 2.05. The molecule has 0 amide bonds. The molecule has 0 aromatic rings. The molecular formula is C10H23NO3. The van der Waals surface area contributed by atoms with Crippen molar-refractivity contribution in [2.45, 2.75) is 32.4 Å². The molecule has 0 radical (unpaired) electrons. The molecule has 4 heteroatoms. The van der Waals surface area contributed by atoms with Gasteiger partial charge in [-0.05, 0) is 20.4 Å². The molecule has 0 saturated carbocycles. The van der Waals surface area contributed by atoms with Crippen LogP contribution in [0.2, 0.25) is 0 Å². The van der Waals surface area contributed by atoms with Crippen LogP contribution in [0.15, 0.2) is 0 Å². The Labute approximate surface area is 86.6 Å². The first-order chi connectivity index (χ1) is 6.58. The lowest BCUT2D eigenvalue weighted by Gasteiger charge is -2.29. The third-order valence-electron chi connectivity index (χ3n) is 2.04. The molecule has 0 rings (SSSR count). The molecule has 4 nitrogen and oxygen atoms in total. The van der Waals surface area contributed by atoms with Gasteiger partial charge in [-0.3, -0.25) is 0 Å². The van der Waals surface area contributed by atoms with Gasteiger partial charge < -0.3 is 19.9 Å². The summed E-state index contributed by atoms with van der Waals surface area (Å²) < 4.78 is 10.5. The summed E-state index contributed by atoms with van der Waals surface area (Å²) in [5.41, 5.74) is -0.350. The second-order valence-electron chi connectivity index (χ2n) is 3.83. The molecule has 0 heterocycles. The number of nitrogens with one attached hydrogen (secondary N) is 1. The van der Waals surface area contributed by atoms with Gasteiger partial charge in [0.1, 0.15) is 0 Å². The van der Waals surface area contributed by atoms with Crippen molar-refractivity contribution < 1.29 is 14.6 Å².